The Morgan fingerprint density at radius 3 is 2.52 bits per heavy atom. The van der Waals surface area contributed by atoms with Crippen molar-refractivity contribution in [2.24, 2.45) is 11.7 Å². The molecule has 0 spiro atoms. The van der Waals surface area contributed by atoms with Crippen LogP contribution in [0.25, 0.3) is 10.9 Å². The molecular weight excluding hydrogens is 382 g/mol. The van der Waals surface area contributed by atoms with Crippen molar-refractivity contribution < 1.29 is 4.79 Å². The van der Waals surface area contributed by atoms with Crippen molar-refractivity contribution in [3.05, 3.63) is 36.0 Å². The molecule has 5 heteroatoms. The molecule has 29 heavy (non-hydrogen) atoms. The van der Waals surface area contributed by atoms with Crippen molar-refractivity contribution in [2.45, 2.75) is 89.3 Å². The van der Waals surface area contributed by atoms with Crippen molar-refractivity contribution in [1.29, 1.82) is 0 Å². The van der Waals surface area contributed by atoms with Gasteiger partial charge in [0.05, 0.1) is 0 Å². The first-order chi connectivity index (χ1) is 13.7. The quantitative estimate of drug-likeness (QED) is 0.697. The van der Waals surface area contributed by atoms with E-state index in [2.05, 4.69) is 40.3 Å². The Labute approximate surface area is 181 Å². The summed E-state index contributed by atoms with van der Waals surface area (Å²) in [6, 6.07) is 9.32. The van der Waals surface area contributed by atoms with Crippen LogP contribution < -0.4 is 11.1 Å². The van der Waals surface area contributed by atoms with Gasteiger partial charge in [0, 0.05) is 42.1 Å². The highest BCUT2D eigenvalue weighted by Crippen LogP contribution is 2.29. The van der Waals surface area contributed by atoms with E-state index in [1.54, 1.807) is 0 Å². The lowest BCUT2D eigenvalue weighted by Crippen LogP contribution is -2.40. The summed E-state index contributed by atoms with van der Waals surface area (Å²) in [5, 5.41) is 4.54. The zero-order valence-electron chi connectivity index (χ0n) is 17.4. The molecule has 0 radical (unpaired) electrons. The van der Waals surface area contributed by atoms with Gasteiger partial charge < -0.3 is 15.6 Å². The summed E-state index contributed by atoms with van der Waals surface area (Å²) in [5.41, 5.74) is 8.61. The van der Waals surface area contributed by atoms with E-state index in [9.17, 15) is 4.79 Å². The third-order valence-electron chi connectivity index (χ3n) is 6.81. The molecular formula is C24H36ClN3O. The number of amides is 1. The molecule has 1 aromatic heterocycles. The normalized spacial score (nSPS) is 22.9. The van der Waals surface area contributed by atoms with Crippen LogP contribution in [0, 0.1) is 5.92 Å². The van der Waals surface area contributed by atoms with E-state index < -0.39 is 0 Å². The standard InChI is InChI=1S/C24H35N3O.ClH/c25-20-11-13-21(14-12-20)26-24(28)15-10-19-17-27(16-18-6-2-1-3-7-18)23-9-5-4-8-22(19)23;/h4-5,8-9,17-18,20-21H,1-3,6-7,10-16,25H2,(H,26,28);1H/t20-,21-;. The number of fused-ring (bicyclic) bond motifs is 1. The molecule has 4 nitrogen and oxygen atoms in total. The lowest BCUT2D eigenvalue weighted by atomic mass is 9.89. The highest BCUT2D eigenvalue weighted by molar-refractivity contribution is 5.85. The Kier molecular flexibility index (Phi) is 8.02. The average Bonchev–Trinajstić information content (AvgIpc) is 3.07. The lowest BCUT2D eigenvalue weighted by molar-refractivity contribution is -0.122. The molecule has 2 aliphatic carbocycles. The summed E-state index contributed by atoms with van der Waals surface area (Å²) in [5.74, 6) is 0.989. The number of benzene rings is 1. The molecule has 2 aromatic rings. The predicted octanol–water partition coefficient (Wildman–Crippen LogP) is 4.96. The van der Waals surface area contributed by atoms with E-state index >= 15 is 0 Å². The first kappa shape index (κ1) is 22.2. The van der Waals surface area contributed by atoms with Gasteiger partial charge in [-0.05, 0) is 62.5 Å². The number of carbonyl (C=O) groups excluding carboxylic acids is 1. The minimum atomic E-state index is 0. The largest absolute Gasteiger partial charge is 0.353 e. The third-order valence-corrected chi connectivity index (χ3v) is 6.81. The number of nitrogens with zero attached hydrogens (tertiary/aromatic N) is 1. The fourth-order valence-corrected chi connectivity index (χ4v) is 5.13. The van der Waals surface area contributed by atoms with E-state index in [0.29, 0.717) is 18.5 Å². The number of rotatable bonds is 6. The van der Waals surface area contributed by atoms with E-state index in [1.165, 1.54) is 48.6 Å². The summed E-state index contributed by atoms with van der Waals surface area (Å²) in [7, 11) is 0. The minimum absolute atomic E-state index is 0. The van der Waals surface area contributed by atoms with Gasteiger partial charge in [0.25, 0.3) is 0 Å². The molecule has 4 rings (SSSR count). The van der Waals surface area contributed by atoms with Crippen LogP contribution >= 0.6 is 12.4 Å². The number of carbonyl (C=O) groups is 1. The van der Waals surface area contributed by atoms with Gasteiger partial charge in [-0.3, -0.25) is 4.79 Å². The monoisotopic (exact) mass is 417 g/mol. The Morgan fingerprint density at radius 2 is 1.76 bits per heavy atom. The molecule has 160 valence electrons. The number of aryl methyl sites for hydroxylation is 1. The van der Waals surface area contributed by atoms with Crippen molar-refractivity contribution in [3.8, 4) is 0 Å². The van der Waals surface area contributed by atoms with Gasteiger partial charge in [0.15, 0.2) is 0 Å². The highest BCUT2D eigenvalue weighted by atomic mass is 35.5. The Hall–Kier alpha value is -1.52. The van der Waals surface area contributed by atoms with Gasteiger partial charge in [0.1, 0.15) is 0 Å². The molecule has 0 saturated heterocycles. The van der Waals surface area contributed by atoms with Crippen LogP contribution in [0.2, 0.25) is 0 Å². The van der Waals surface area contributed by atoms with E-state index in [4.69, 9.17) is 5.73 Å². The van der Waals surface area contributed by atoms with Crippen molar-refractivity contribution in [3.63, 3.8) is 0 Å². The second kappa shape index (κ2) is 10.5. The molecule has 3 N–H and O–H groups in total. The van der Waals surface area contributed by atoms with Crippen LogP contribution in [0.3, 0.4) is 0 Å². The van der Waals surface area contributed by atoms with Crippen molar-refractivity contribution in [1.82, 2.24) is 9.88 Å². The molecule has 1 heterocycles. The second-order valence-electron chi connectivity index (χ2n) is 9.01. The highest BCUT2D eigenvalue weighted by Gasteiger charge is 2.20. The number of para-hydroxylation sites is 1. The van der Waals surface area contributed by atoms with Crippen molar-refractivity contribution in [2.75, 3.05) is 0 Å². The van der Waals surface area contributed by atoms with Gasteiger partial charge in [-0.25, -0.2) is 0 Å². The summed E-state index contributed by atoms with van der Waals surface area (Å²) in [4.78, 5) is 12.5. The smallest absolute Gasteiger partial charge is 0.220 e. The van der Waals surface area contributed by atoms with E-state index in [0.717, 1.165) is 44.6 Å². The number of nitrogens with one attached hydrogen (secondary N) is 1. The Morgan fingerprint density at radius 1 is 1.03 bits per heavy atom. The van der Waals surface area contributed by atoms with Crippen LogP contribution in [-0.2, 0) is 17.8 Å². The van der Waals surface area contributed by atoms with Gasteiger partial charge in [-0.2, -0.15) is 0 Å². The van der Waals surface area contributed by atoms with Crippen LogP contribution in [-0.4, -0.2) is 22.6 Å². The van der Waals surface area contributed by atoms with E-state index in [1.807, 2.05) is 0 Å². The SMILES string of the molecule is Cl.N[C@H]1CC[C@H](NC(=O)CCc2cn(CC3CCCCC3)c3ccccc23)CC1. The number of nitrogens with two attached hydrogens (primary N) is 1. The topological polar surface area (TPSA) is 60.0 Å². The molecule has 0 bridgehead atoms. The molecule has 2 fully saturated rings. The van der Waals surface area contributed by atoms with Crippen LogP contribution in [0.1, 0.15) is 69.8 Å². The first-order valence-electron chi connectivity index (χ1n) is 11.3. The number of hydrogen-bond acceptors (Lipinski definition) is 2. The lowest BCUT2D eigenvalue weighted by Gasteiger charge is -2.26. The molecule has 0 unspecified atom stereocenters. The van der Waals surface area contributed by atoms with Crippen LogP contribution in [0.4, 0.5) is 0 Å². The number of halogens is 1. The summed E-state index contributed by atoms with van der Waals surface area (Å²) >= 11 is 0. The molecule has 2 saturated carbocycles. The van der Waals surface area contributed by atoms with Gasteiger partial charge in [-0.15, -0.1) is 12.4 Å². The van der Waals surface area contributed by atoms with Crippen LogP contribution in [0.5, 0.6) is 0 Å². The Balaban J connectivity index is 0.00000240. The van der Waals surface area contributed by atoms with Gasteiger partial charge >= 0.3 is 0 Å². The minimum Gasteiger partial charge on any atom is -0.353 e. The number of aromatic nitrogens is 1. The maximum Gasteiger partial charge on any atom is 0.220 e. The summed E-state index contributed by atoms with van der Waals surface area (Å²) in [6.45, 7) is 1.12. The summed E-state index contributed by atoms with van der Waals surface area (Å²) in [6.07, 6.45) is 14.7. The summed E-state index contributed by atoms with van der Waals surface area (Å²) < 4.78 is 2.45. The van der Waals surface area contributed by atoms with Gasteiger partial charge in [-0.1, -0.05) is 37.5 Å². The molecule has 0 atom stereocenters. The van der Waals surface area contributed by atoms with Crippen LogP contribution in [0.15, 0.2) is 30.5 Å². The fraction of sp³-hybridized carbons (Fsp3) is 0.625. The van der Waals surface area contributed by atoms with Gasteiger partial charge in [0.2, 0.25) is 5.91 Å². The predicted molar refractivity (Wildman–Crippen MR) is 122 cm³/mol. The second-order valence-corrected chi connectivity index (χ2v) is 9.01. The molecule has 0 aliphatic heterocycles. The molecule has 1 aromatic carbocycles. The fourth-order valence-electron chi connectivity index (χ4n) is 5.13. The zero-order valence-corrected chi connectivity index (χ0v) is 18.3. The third kappa shape index (κ3) is 5.76. The first-order valence-corrected chi connectivity index (χ1v) is 11.3. The zero-order chi connectivity index (χ0) is 19.3. The maximum atomic E-state index is 12.5. The average molecular weight is 418 g/mol. The Bertz CT molecular complexity index is 789. The number of hydrogen-bond donors (Lipinski definition) is 2. The van der Waals surface area contributed by atoms with E-state index in [-0.39, 0.29) is 18.3 Å². The van der Waals surface area contributed by atoms with Crippen molar-refractivity contribution >= 4 is 29.2 Å². The maximum absolute atomic E-state index is 12.5. The molecule has 2 aliphatic rings. The molecule has 1 amide bonds.